The number of nitrogens with one attached hydrogen (secondary N) is 1. The molecule has 0 saturated carbocycles. The number of nitrogens with zero attached hydrogens (tertiary/aromatic N) is 2. The summed E-state index contributed by atoms with van der Waals surface area (Å²) >= 11 is 0. The Balaban J connectivity index is 1.40. The summed E-state index contributed by atoms with van der Waals surface area (Å²) in [5.74, 6) is 1.20. The summed E-state index contributed by atoms with van der Waals surface area (Å²) in [6.07, 6.45) is 6.81. The van der Waals surface area contributed by atoms with Crippen molar-refractivity contribution >= 4 is 5.91 Å². The summed E-state index contributed by atoms with van der Waals surface area (Å²) < 4.78 is 13.3. The molecule has 3 heterocycles. The summed E-state index contributed by atoms with van der Waals surface area (Å²) in [6, 6.07) is 0.181. The highest BCUT2D eigenvalue weighted by molar-refractivity contribution is 5.76. The first-order valence-electron chi connectivity index (χ1n) is 9.47. The predicted molar refractivity (Wildman–Crippen MR) is 95.6 cm³/mol. The zero-order valence-electron chi connectivity index (χ0n) is 15.7. The molecule has 0 radical (unpaired) electrons. The van der Waals surface area contributed by atoms with Gasteiger partial charge in [-0.25, -0.2) is 4.98 Å². The van der Waals surface area contributed by atoms with E-state index in [1.54, 1.807) is 0 Å². The fourth-order valence-electron chi connectivity index (χ4n) is 3.38. The van der Waals surface area contributed by atoms with Crippen LogP contribution in [0.4, 0.5) is 0 Å². The molecule has 1 saturated heterocycles. The van der Waals surface area contributed by atoms with E-state index in [1.165, 1.54) is 0 Å². The molecule has 2 aliphatic rings. The summed E-state index contributed by atoms with van der Waals surface area (Å²) in [6.45, 7) is 9.24. The van der Waals surface area contributed by atoms with Crippen LogP contribution in [0.5, 0.6) is 0 Å². The number of aromatic nitrogens is 2. The van der Waals surface area contributed by atoms with Crippen molar-refractivity contribution in [2.45, 2.75) is 77.0 Å². The fourth-order valence-corrected chi connectivity index (χ4v) is 3.38. The molecule has 2 atom stereocenters. The molecule has 0 aliphatic carbocycles. The zero-order valence-corrected chi connectivity index (χ0v) is 15.7. The van der Waals surface area contributed by atoms with Crippen LogP contribution in [0.25, 0.3) is 0 Å². The number of amides is 1. The first-order chi connectivity index (χ1) is 11.9. The van der Waals surface area contributed by atoms with Gasteiger partial charge in [-0.05, 0) is 19.3 Å². The molecule has 1 aromatic rings. The van der Waals surface area contributed by atoms with Crippen LogP contribution in [-0.2, 0) is 32.6 Å². The molecule has 0 bridgehead atoms. The normalized spacial score (nSPS) is 23.5. The van der Waals surface area contributed by atoms with E-state index in [4.69, 9.17) is 14.5 Å². The first-order valence-corrected chi connectivity index (χ1v) is 9.47. The lowest BCUT2D eigenvalue weighted by molar-refractivity contribution is -0.123. The van der Waals surface area contributed by atoms with Crippen LogP contribution in [-0.4, -0.2) is 47.4 Å². The van der Waals surface area contributed by atoms with Gasteiger partial charge in [-0.1, -0.05) is 20.8 Å². The molecule has 1 amide bonds. The van der Waals surface area contributed by atoms with E-state index in [1.807, 2.05) is 0 Å². The van der Waals surface area contributed by atoms with E-state index in [0.717, 1.165) is 50.4 Å². The van der Waals surface area contributed by atoms with E-state index >= 15 is 0 Å². The molecule has 0 spiro atoms. The van der Waals surface area contributed by atoms with Gasteiger partial charge in [-0.2, -0.15) is 0 Å². The van der Waals surface area contributed by atoms with Gasteiger partial charge in [0.1, 0.15) is 5.82 Å². The SMILES string of the molecule is CC(C)(C)c1cn2c(n1)CC[C@H](NC(=O)CCOC[C@H]1CCCO1)C2. The van der Waals surface area contributed by atoms with Crippen molar-refractivity contribution < 1.29 is 14.3 Å². The number of imidazole rings is 1. The van der Waals surface area contributed by atoms with E-state index in [2.05, 4.69) is 36.9 Å². The summed E-state index contributed by atoms with van der Waals surface area (Å²) in [4.78, 5) is 16.9. The Morgan fingerprint density at radius 1 is 1.44 bits per heavy atom. The molecule has 140 valence electrons. The van der Waals surface area contributed by atoms with Gasteiger partial charge >= 0.3 is 0 Å². The fraction of sp³-hybridized carbons (Fsp3) is 0.789. The molecule has 25 heavy (non-hydrogen) atoms. The van der Waals surface area contributed by atoms with Crippen molar-refractivity contribution in [3.8, 4) is 0 Å². The second kappa shape index (κ2) is 7.87. The quantitative estimate of drug-likeness (QED) is 0.800. The molecule has 3 rings (SSSR count). The molecule has 0 unspecified atom stereocenters. The van der Waals surface area contributed by atoms with Gasteiger partial charge in [0.15, 0.2) is 0 Å². The first kappa shape index (κ1) is 18.4. The van der Waals surface area contributed by atoms with Crippen LogP contribution in [0.1, 0.15) is 58.0 Å². The van der Waals surface area contributed by atoms with Crippen LogP contribution >= 0.6 is 0 Å². The number of fused-ring (bicyclic) bond motifs is 1. The predicted octanol–water partition coefficient (Wildman–Crippen LogP) is 2.20. The van der Waals surface area contributed by atoms with Crippen LogP contribution in [0.3, 0.4) is 0 Å². The minimum absolute atomic E-state index is 0.0590. The topological polar surface area (TPSA) is 65.4 Å². The highest BCUT2D eigenvalue weighted by Gasteiger charge is 2.25. The Morgan fingerprint density at radius 3 is 3.00 bits per heavy atom. The van der Waals surface area contributed by atoms with Crippen LogP contribution in [0, 0.1) is 0 Å². The van der Waals surface area contributed by atoms with Gasteiger partial charge in [-0.15, -0.1) is 0 Å². The Hall–Kier alpha value is -1.40. The maximum atomic E-state index is 12.1. The number of carbonyl (C=O) groups is 1. The molecule has 6 heteroatoms. The third kappa shape index (κ3) is 5.05. The molecule has 1 fully saturated rings. The lowest BCUT2D eigenvalue weighted by Crippen LogP contribution is -2.41. The highest BCUT2D eigenvalue weighted by Crippen LogP contribution is 2.24. The monoisotopic (exact) mass is 349 g/mol. The van der Waals surface area contributed by atoms with E-state index in [-0.39, 0.29) is 23.5 Å². The number of ether oxygens (including phenoxy) is 2. The molecule has 6 nitrogen and oxygen atoms in total. The van der Waals surface area contributed by atoms with E-state index in [9.17, 15) is 4.79 Å². The molecule has 1 aromatic heterocycles. The molecular formula is C19H31N3O3. The summed E-state index contributed by atoms with van der Waals surface area (Å²) in [5, 5.41) is 3.14. The van der Waals surface area contributed by atoms with Gasteiger partial charge in [0.25, 0.3) is 0 Å². The lowest BCUT2D eigenvalue weighted by atomic mass is 9.93. The van der Waals surface area contributed by atoms with Gasteiger partial charge < -0.3 is 19.4 Å². The highest BCUT2D eigenvalue weighted by atomic mass is 16.5. The Bertz CT molecular complexity index is 585. The van der Waals surface area contributed by atoms with Crippen molar-refractivity contribution in [3.05, 3.63) is 17.7 Å². The van der Waals surface area contributed by atoms with Crippen molar-refractivity contribution in [1.82, 2.24) is 14.9 Å². The van der Waals surface area contributed by atoms with Crippen LogP contribution in [0.2, 0.25) is 0 Å². The molecule has 0 aromatic carbocycles. The summed E-state index contributed by atoms with van der Waals surface area (Å²) in [7, 11) is 0. The van der Waals surface area contributed by atoms with Crippen molar-refractivity contribution in [1.29, 1.82) is 0 Å². The molecular weight excluding hydrogens is 318 g/mol. The number of aryl methyl sites for hydroxylation is 1. The van der Waals surface area contributed by atoms with Gasteiger partial charge in [0, 0.05) is 43.6 Å². The summed E-state index contributed by atoms with van der Waals surface area (Å²) in [5.41, 5.74) is 1.18. The number of carbonyl (C=O) groups excluding carboxylic acids is 1. The maximum absolute atomic E-state index is 12.1. The number of rotatable bonds is 6. The standard InChI is InChI=1S/C19H31N3O3/c1-19(2,3)16-12-22-11-14(6-7-17(22)21-16)20-18(23)8-10-24-13-15-5-4-9-25-15/h12,14-15H,4-11,13H2,1-3H3,(H,20,23)/t14-,15+/m0/s1. The average molecular weight is 349 g/mol. The minimum Gasteiger partial charge on any atom is -0.378 e. The van der Waals surface area contributed by atoms with Gasteiger partial charge in [0.2, 0.25) is 5.91 Å². The molecule has 1 N–H and O–H groups in total. The van der Waals surface area contributed by atoms with Crippen LogP contribution in [0.15, 0.2) is 6.20 Å². The largest absolute Gasteiger partial charge is 0.378 e. The van der Waals surface area contributed by atoms with E-state index in [0.29, 0.717) is 19.6 Å². The Kier molecular flexibility index (Phi) is 5.79. The smallest absolute Gasteiger partial charge is 0.222 e. The van der Waals surface area contributed by atoms with Crippen LogP contribution < -0.4 is 5.32 Å². The lowest BCUT2D eigenvalue weighted by Gasteiger charge is -2.24. The number of hydrogen-bond acceptors (Lipinski definition) is 4. The Labute approximate surface area is 150 Å². The van der Waals surface area contributed by atoms with Crippen molar-refractivity contribution in [2.75, 3.05) is 19.8 Å². The maximum Gasteiger partial charge on any atom is 0.222 e. The third-order valence-corrected chi connectivity index (χ3v) is 4.93. The van der Waals surface area contributed by atoms with Crippen molar-refractivity contribution in [2.24, 2.45) is 0 Å². The van der Waals surface area contributed by atoms with Crippen molar-refractivity contribution in [3.63, 3.8) is 0 Å². The van der Waals surface area contributed by atoms with Gasteiger partial charge in [-0.3, -0.25) is 4.79 Å². The number of hydrogen-bond donors (Lipinski definition) is 1. The Morgan fingerprint density at radius 2 is 2.28 bits per heavy atom. The second-order valence-electron chi connectivity index (χ2n) is 8.21. The zero-order chi connectivity index (χ0) is 17.9. The molecule has 2 aliphatic heterocycles. The third-order valence-electron chi connectivity index (χ3n) is 4.93. The van der Waals surface area contributed by atoms with E-state index < -0.39 is 0 Å². The second-order valence-corrected chi connectivity index (χ2v) is 8.21. The average Bonchev–Trinajstić information content (AvgIpc) is 3.20. The van der Waals surface area contributed by atoms with Gasteiger partial charge in [0.05, 0.1) is 25.0 Å². The minimum atomic E-state index is 0.0590.